The number of nitrogens with zero attached hydrogens (tertiary/aromatic N) is 2. The zero-order chi connectivity index (χ0) is 16.3. The van der Waals surface area contributed by atoms with E-state index in [4.69, 9.17) is 5.11 Å². The average Bonchev–Trinajstić information content (AvgIpc) is 2.49. The number of nitro groups is 1. The number of alkyl halides is 2. The Labute approximate surface area is 124 Å². The van der Waals surface area contributed by atoms with Crippen LogP contribution in [0.15, 0.2) is 18.2 Å². The maximum absolute atomic E-state index is 14.2. The van der Waals surface area contributed by atoms with E-state index in [1.807, 2.05) is 0 Å². The molecule has 0 aromatic heterocycles. The minimum absolute atomic E-state index is 0.245. The molecule has 0 radical (unpaired) electrons. The lowest BCUT2D eigenvalue weighted by Crippen LogP contribution is -2.51. The Morgan fingerprint density at radius 2 is 2.05 bits per heavy atom. The number of halogens is 3. The van der Waals surface area contributed by atoms with E-state index in [9.17, 15) is 23.3 Å². The molecule has 1 fully saturated rings. The summed E-state index contributed by atoms with van der Waals surface area (Å²) in [5.41, 5.74) is -1.01. The number of nitrogens with one attached hydrogen (secondary N) is 1. The van der Waals surface area contributed by atoms with Crippen LogP contribution in [0, 0.1) is 15.9 Å². The summed E-state index contributed by atoms with van der Waals surface area (Å²) in [4.78, 5) is 11.6. The monoisotopic (exact) mass is 319 g/mol. The van der Waals surface area contributed by atoms with E-state index in [1.165, 1.54) is 4.90 Å². The van der Waals surface area contributed by atoms with Crippen molar-refractivity contribution >= 4 is 5.69 Å². The molecule has 0 unspecified atom stereocenters. The summed E-state index contributed by atoms with van der Waals surface area (Å²) in [6, 6.07) is 0.841. The fourth-order valence-corrected chi connectivity index (χ4v) is 2.62. The Morgan fingerprint density at radius 3 is 2.59 bits per heavy atom. The molecule has 0 saturated carbocycles. The van der Waals surface area contributed by atoms with Gasteiger partial charge in [-0.25, -0.2) is 13.2 Å². The van der Waals surface area contributed by atoms with Crippen LogP contribution in [0.1, 0.15) is 11.6 Å². The Hall–Kier alpha value is -1.71. The van der Waals surface area contributed by atoms with Crippen molar-refractivity contribution in [2.45, 2.75) is 12.0 Å². The van der Waals surface area contributed by atoms with Gasteiger partial charge in [-0.1, -0.05) is 0 Å². The van der Waals surface area contributed by atoms with E-state index in [2.05, 4.69) is 5.32 Å². The fourth-order valence-electron chi connectivity index (χ4n) is 2.62. The lowest BCUT2D eigenvalue weighted by molar-refractivity contribution is -0.386. The summed E-state index contributed by atoms with van der Waals surface area (Å²) < 4.78 is 41.6. The second-order valence-electron chi connectivity index (χ2n) is 5.07. The highest BCUT2D eigenvalue weighted by Gasteiger charge is 2.46. The third kappa shape index (κ3) is 3.37. The molecule has 0 aliphatic carbocycles. The van der Waals surface area contributed by atoms with Crippen LogP contribution in [-0.4, -0.2) is 53.6 Å². The van der Waals surface area contributed by atoms with E-state index in [-0.39, 0.29) is 18.7 Å². The molecular formula is C13H16F3N3O3. The van der Waals surface area contributed by atoms with Crippen LogP contribution in [0.5, 0.6) is 0 Å². The average molecular weight is 319 g/mol. The van der Waals surface area contributed by atoms with Gasteiger partial charge in [-0.2, -0.15) is 0 Å². The van der Waals surface area contributed by atoms with E-state index >= 15 is 0 Å². The first-order valence-corrected chi connectivity index (χ1v) is 6.74. The Kier molecular flexibility index (Phi) is 4.99. The molecule has 22 heavy (non-hydrogen) atoms. The lowest BCUT2D eigenvalue weighted by atomic mass is 9.96. The first-order valence-electron chi connectivity index (χ1n) is 6.74. The largest absolute Gasteiger partial charge is 0.390 e. The number of nitro benzene ring substituents is 1. The van der Waals surface area contributed by atoms with Crippen LogP contribution >= 0.6 is 0 Å². The third-order valence-corrected chi connectivity index (χ3v) is 3.61. The van der Waals surface area contributed by atoms with Crippen molar-refractivity contribution in [1.82, 2.24) is 10.2 Å². The zero-order valence-corrected chi connectivity index (χ0v) is 11.6. The molecule has 1 aromatic carbocycles. The number of rotatable bonds is 5. The summed E-state index contributed by atoms with van der Waals surface area (Å²) in [6.07, 6.45) is 0. The smallest absolute Gasteiger partial charge is 0.290 e. The maximum Gasteiger partial charge on any atom is 0.290 e. The molecule has 1 aromatic rings. The second-order valence-corrected chi connectivity index (χ2v) is 5.07. The number of aliphatic hydroxyl groups excluding tert-OH is 1. The van der Waals surface area contributed by atoms with Gasteiger partial charge in [-0.15, -0.1) is 0 Å². The fraction of sp³-hybridized carbons (Fsp3) is 0.538. The standard InChI is InChI=1S/C13H16F3N3O3/c14-9-1-2-10(11(7-9)19(21)22)12(13(15,16)8-20)18-5-3-17-4-6-18/h1-2,7,12,17,20H,3-6,8H2/t12-/m1/s1. The van der Waals surface area contributed by atoms with Crippen molar-refractivity contribution in [3.63, 3.8) is 0 Å². The van der Waals surface area contributed by atoms with Gasteiger partial charge in [-0.3, -0.25) is 15.0 Å². The number of hydrogen-bond acceptors (Lipinski definition) is 5. The molecule has 2 rings (SSSR count). The normalized spacial score (nSPS) is 18.2. The van der Waals surface area contributed by atoms with Gasteiger partial charge in [-0.05, 0) is 12.1 Å². The van der Waals surface area contributed by atoms with Crippen molar-refractivity contribution in [2.75, 3.05) is 32.8 Å². The topological polar surface area (TPSA) is 78.6 Å². The highest BCUT2D eigenvalue weighted by atomic mass is 19.3. The Balaban J connectivity index is 2.51. The summed E-state index contributed by atoms with van der Waals surface area (Å²) >= 11 is 0. The predicted octanol–water partition coefficient (Wildman–Crippen LogP) is 1.31. The molecule has 6 nitrogen and oxygen atoms in total. The quantitative estimate of drug-likeness (QED) is 0.632. The van der Waals surface area contributed by atoms with Gasteiger partial charge >= 0.3 is 0 Å². The van der Waals surface area contributed by atoms with Gasteiger partial charge in [0.25, 0.3) is 11.6 Å². The molecule has 0 bridgehead atoms. The molecule has 1 atom stereocenters. The van der Waals surface area contributed by atoms with Gasteiger partial charge in [0.2, 0.25) is 0 Å². The highest BCUT2D eigenvalue weighted by Crippen LogP contribution is 2.40. The second kappa shape index (κ2) is 6.59. The van der Waals surface area contributed by atoms with Crippen molar-refractivity contribution in [3.8, 4) is 0 Å². The molecule has 122 valence electrons. The van der Waals surface area contributed by atoms with E-state index in [0.29, 0.717) is 19.2 Å². The Morgan fingerprint density at radius 1 is 1.41 bits per heavy atom. The van der Waals surface area contributed by atoms with Crippen molar-refractivity contribution in [3.05, 3.63) is 39.7 Å². The number of aliphatic hydroxyl groups is 1. The summed E-state index contributed by atoms with van der Waals surface area (Å²) in [5.74, 6) is -4.46. The van der Waals surface area contributed by atoms with Gasteiger partial charge in [0.05, 0.1) is 16.6 Å². The van der Waals surface area contributed by atoms with Crippen LogP contribution in [0.2, 0.25) is 0 Å². The van der Waals surface area contributed by atoms with Crippen LogP contribution in [0.4, 0.5) is 18.9 Å². The Bertz CT molecular complexity index is 551. The van der Waals surface area contributed by atoms with E-state index in [1.54, 1.807) is 0 Å². The van der Waals surface area contributed by atoms with Crippen LogP contribution in [-0.2, 0) is 0 Å². The number of piperazine rings is 1. The van der Waals surface area contributed by atoms with Gasteiger partial charge in [0.15, 0.2) is 0 Å². The predicted molar refractivity (Wildman–Crippen MR) is 72.3 cm³/mol. The van der Waals surface area contributed by atoms with E-state index < -0.39 is 35.0 Å². The van der Waals surface area contributed by atoms with Crippen LogP contribution in [0.3, 0.4) is 0 Å². The highest BCUT2D eigenvalue weighted by molar-refractivity contribution is 5.43. The minimum atomic E-state index is -3.58. The van der Waals surface area contributed by atoms with Crippen molar-refractivity contribution in [1.29, 1.82) is 0 Å². The number of hydrogen-bond donors (Lipinski definition) is 2. The molecule has 1 aliphatic rings. The van der Waals surface area contributed by atoms with Crippen LogP contribution in [0.25, 0.3) is 0 Å². The molecular weight excluding hydrogens is 303 g/mol. The summed E-state index contributed by atoms with van der Waals surface area (Å²) in [6.45, 7) is -0.0559. The molecule has 0 spiro atoms. The summed E-state index contributed by atoms with van der Waals surface area (Å²) in [7, 11) is 0. The number of benzene rings is 1. The molecule has 1 aliphatic heterocycles. The third-order valence-electron chi connectivity index (χ3n) is 3.61. The van der Waals surface area contributed by atoms with Gasteiger partial charge < -0.3 is 10.4 Å². The maximum atomic E-state index is 14.2. The molecule has 1 saturated heterocycles. The molecule has 2 N–H and O–H groups in total. The molecule has 9 heteroatoms. The summed E-state index contributed by atoms with van der Waals surface area (Å²) in [5, 5.41) is 23.1. The van der Waals surface area contributed by atoms with E-state index in [0.717, 1.165) is 12.1 Å². The first kappa shape index (κ1) is 16.7. The zero-order valence-electron chi connectivity index (χ0n) is 11.6. The molecule has 1 heterocycles. The van der Waals surface area contributed by atoms with Crippen LogP contribution < -0.4 is 5.32 Å². The van der Waals surface area contributed by atoms with Crippen molar-refractivity contribution < 1.29 is 23.2 Å². The molecule has 0 amide bonds. The first-order chi connectivity index (χ1) is 10.4. The lowest BCUT2D eigenvalue weighted by Gasteiger charge is -2.38. The van der Waals surface area contributed by atoms with Crippen molar-refractivity contribution in [2.24, 2.45) is 0 Å². The SMILES string of the molecule is O=[N+]([O-])c1cc(F)ccc1[C@@H](N1CCNCC1)C(F)(F)CO. The minimum Gasteiger partial charge on any atom is -0.390 e. The van der Waals surface area contributed by atoms with Gasteiger partial charge in [0, 0.05) is 26.2 Å². The van der Waals surface area contributed by atoms with Gasteiger partial charge in [0.1, 0.15) is 18.5 Å².